The van der Waals surface area contributed by atoms with Gasteiger partial charge in [0.1, 0.15) is 5.82 Å². The molecule has 4 heteroatoms. The highest BCUT2D eigenvalue weighted by molar-refractivity contribution is 5.82. The summed E-state index contributed by atoms with van der Waals surface area (Å²) in [5.41, 5.74) is 0.866. The van der Waals surface area contributed by atoms with E-state index in [1.807, 2.05) is 4.90 Å². The molecule has 1 aliphatic carbocycles. The van der Waals surface area contributed by atoms with Crippen LogP contribution in [-0.4, -0.2) is 36.6 Å². The van der Waals surface area contributed by atoms with Gasteiger partial charge in [0.25, 0.3) is 0 Å². The summed E-state index contributed by atoms with van der Waals surface area (Å²) < 4.78 is 18.8. The van der Waals surface area contributed by atoms with E-state index in [0.29, 0.717) is 25.6 Å². The number of nitrogens with zero attached hydrogens (tertiary/aromatic N) is 1. The highest BCUT2D eigenvalue weighted by Crippen LogP contribution is 2.37. The fraction of sp³-hybridized carbons (Fsp3) is 0.632. The summed E-state index contributed by atoms with van der Waals surface area (Å²) in [6.07, 6.45) is 6.31. The molecule has 1 unspecified atom stereocenters. The number of hydrogen-bond acceptors (Lipinski definition) is 2. The Kier molecular flexibility index (Phi) is 5.00. The van der Waals surface area contributed by atoms with E-state index >= 15 is 0 Å². The van der Waals surface area contributed by atoms with Crippen molar-refractivity contribution in [1.82, 2.24) is 4.90 Å². The van der Waals surface area contributed by atoms with Crippen LogP contribution in [-0.2, 0) is 16.0 Å². The summed E-state index contributed by atoms with van der Waals surface area (Å²) in [6, 6.07) is 6.54. The van der Waals surface area contributed by atoms with Crippen molar-refractivity contribution in [1.29, 1.82) is 0 Å². The van der Waals surface area contributed by atoms with Gasteiger partial charge in [-0.25, -0.2) is 4.39 Å². The van der Waals surface area contributed by atoms with Crippen LogP contribution in [0, 0.1) is 11.2 Å². The summed E-state index contributed by atoms with van der Waals surface area (Å²) in [5.74, 6) is 0.0740. The van der Waals surface area contributed by atoms with Crippen LogP contribution in [0.15, 0.2) is 24.3 Å². The lowest BCUT2D eigenvalue weighted by Crippen LogP contribution is -2.51. The molecule has 1 amide bonds. The average molecular weight is 319 g/mol. The van der Waals surface area contributed by atoms with Gasteiger partial charge in [0.05, 0.1) is 12.7 Å². The van der Waals surface area contributed by atoms with Crippen LogP contribution in [0.2, 0.25) is 0 Å². The van der Waals surface area contributed by atoms with E-state index in [-0.39, 0.29) is 17.3 Å². The van der Waals surface area contributed by atoms with Crippen molar-refractivity contribution in [3.05, 3.63) is 35.6 Å². The molecule has 0 N–H and O–H groups in total. The first kappa shape index (κ1) is 16.4. The predicted molar refractivity (Wildman–Crippen MR) is 87.6 cm³/mol. The Morgan fingerprint density at radius 1 is 1.26 bits per heavy atom. The minimum Gasteiger partial charge on any atom is -0.374 e. The van der Waals surface area contributed by atoms with Crippen molar-refractivity contribution in [2.45, 2.75) is 51.6 Å². The van der Waals surface area contributed by atoms with Gasteiger partial charge in [-0.1, -0.05) is 38.3 Å². The Morgan fingerprint density at radius 3 is 2.65 bits per heavy atom. The van der Waals surface area contributed by atoms with Gasteiger partial charge >= 0.3 is 0 Å². The van der Waals surface area contributed by atoms with Gasteiger partial charge in [0.2, 0.25) is 5.91 Å². The highest BCUT2D eigenvalue weighted by atomic mass is 19.1. The number of carbonyl (C=O) groups excluding carboxylic acids is 1. The number of carbonyl (C=O) groups is 1. The van der Waals surface area contributed by atoms with E-state index < -0.39 is 0 Å². The number of amides is 1. The maximum Gasteiger partial charge on any atom is 0.228 e. The fourth-order valence-corrected chi connectivity index (χ4v) is 3.84. The van der Waals surface area contributed by atoms with Crippen molar-refractivity contribution in [3.8, 4) is 0 Å². The number of benzene rings is 1. The molecule has 3 rings (SSSR count). The lowest BCUT2D eigenvalue weighted by Gasteiger charge is -2.40. The molecular weight excluding hydrogens is 293 g/mol. The minimum atomic E-state index is -0.222. The Morgan fingerprint density at radius 2 is 1.96 bits per heavy atom. The normalized spacial score (nSPS) is 24.4. The topological polar surface area (TPSA) is 29.5 Å². The van der Waals surface area contributed by atoms with Crippen molar-refractivity contribution >= 4 is 5.91 Å². The summed E-state index contributed by atoms with van der Waals surface area (Å²) >= 11 is 0. The maximum atomic E-state index is 13.0. The third-order valence-corrected chi connectivity index (χ3v) is 5.28. The highest BCUT2D eigenvalue weighted by Gasteiger charge is 2.39. The molecule has 2 fully saturated rings. The molecule has 1 saturated carbocycles. The zero-order valence-corrected chi connectivity index (χ0v) is 13.9. The number of rotatable bonds is 3. The Bertz CT molecular complexity index is 537. The summed E-state index contributed by atoms with van der Waals surface area (Å²) in [4.78, 5) is 14.9. The summed E-state index contributed by atoms with van der Waals surface area (Å²) in [6.45, 7) is 4.05. The van der Waals surface area contributed by atoms with Gasteiger partial charge < -0.3 is 9.64 Å². The molecule has 0 radical (unpaired) electrons. The number of hydrogen-bond donors (Lipinski definition) is 0. The van der Waals surface area contributed by atoms with E-state index in [9.17, 15) is 9.18 Å². The average Bonchev–Trinajstić information content (AvgIpc) is 2.57. The van der Waals surface area contributed by atoms with Gasteiger partial charge in [-0.2, -0.15) is 0 Å². The van der Waals surface area contributed by atoms with Gasteiger partial charge in [-0.15, -0.1) is 0 Å². The monoisotopic (exact) mass is 319 g/mol. The first-order valence-electron chi connectivity index (χ1n) is 8.72. The minimum absolute atomic E-state index is 0.00496. The van der Waals surface area contributed by atoms with Crippen LogP contribution in [0.1, 0.15) is 44.6 Å². The van der Waals surface area contributed by atoms with E-state index in [1.54, 1.807) is 12.1 Å². The number of ether oxygens (including phenoxy) is 1. The second-order valence-corrected chi connectivity index (χ2v) is 7.20. The van der Waals surface area contributed by atoms with Crippen LogP contribution in [0.5, 0.6) is 0 Å². The summed E-state index contributed by atoms with van der Waals surface area (Å²) in [7, 11) is 0. The molecule has 1 saturated heterocycles. The molecule has 1 atom stereocenters. The van der Waals surface area contributed by atoms with Crippen LogP contribution >= 0.6 is 0 Å². The molecule has 0 spiro atoms. The molecule has 2 aliphatic rings. The third kappa shape index (κ3) is 3.92. The van der Waals surface area contributed by atoms with Gasteiger partial charge in [0.15, 0.2) is 0 Å². The third-order valence-electron chi connectivity index (χ3n) is 5.28. The van der Waals surface area contributed by atoms with Crippen LogP contribution in [0.3, 0.4) is 0 Å². The second-order valence-electron chi connectivity index (χ2n) is 7.20. The van der Waals surface area contributed by atoms with Gasteiger partial charge in [-0.05, 0) is 30.5 Å². The molecule has 1 heterocycles. The second kappa shape index (κ2) is 7.00. The van der Waals surface area contributed by atoms with E-state index in [4.69, 9.17) is 4.74 Å². The Labute approximate surface area is 137 Å². The number of halogens is 1. The zero-order chi connectivity index (χ0) is 16.3. The molecule has 0 aromatic heterocycles. The predicted octanol–water partition coefficient (Wildman–Crippen LogP) is 3.57. The lowest BCUT2D eigenvalue weighted by molar-refractivity contribution is -0.150. The van der Waals surface area contributed by atoms with Crippen molar-refractivity contribution in [3.63, 3.8) is 0 Å². The molecule has 23 heavy (non-hydrogen) atoms. The fourth-order valence-electron chi connectivity index (χ4n) is 3.84. The van der Waals surface area contributed by atoms with E-state index in [0.717, 1.165) is 37.7 Å². The molecule has 126 valence electrons. The quantitative estimate of drug-likeness (QED) is 0.852. The SMILES string of the molecule is CC1(C(=O)N2CCOC(Cc3ccc(F)cc3)C2)CCCCC1. The number of morpholine rings is 1. The molecule has 1 aromatic carbocycles. The van der Waals surface area contributed by atoms with Crippen molar-refractivity contribution < 1.29 is 13.9 Å². The van der Waals surface area contributed by atoms with Gasteiger partial charge in [0, 0.05) is 24.9 Å². The molecule has 1 aliphatic heterocycles. The zero-order valence-electron chi connectivity index (χ0n) is 13.9. The van der Waals surface area contributed by atoms with Crippen molar-refractivity contribution in [2.24, 2.45) is 5.41 Å². The van der Waals surface area contributed by atoms with E-state index in [1.165, 1.54) is 18.6 Å². The Balaban J connectivity index is 1.61. The molecule has 1 aromatic rings. The lowest BCUT2D eigenvalue weighted by atomic mass is 9.74. The smallest absolute Gasteiger partial charge is 0.228 e. The molecule has 0 bridgehead atoms. The van der Waals surface area contributed by atoms with Crippen molar-refractivity contribution in [2.75, 3.05) is 19.7 Å². The molecule has 3 nitrogen and oxygen atoms in total. The van der Waals surface area contributed by atoms with Crippen LogP contribution in [0.4, 0.5) is 4.39 Å². The molecular formula is C19H26FNO2. The first-order valence-corrected chi connectivity index (χ1v) is 8.72. The van der Waals surface area contributed by atoms with Gasteiger partial charge in [-0.3, -0.25) is 4.79 Å². The first-order chi connectivity index (χ1) is 11.1. The summed E-state index contributed by atoms with van der Waals surface area (Å²) in [5, 5.41) is 0. The largest absolute Gasteiger partial charge is 0.374 e. The Hall–Kier alpha value is -1.42. The van der Waals surface area contributed by atoms with Crippen LogP contribution in [0.25, 0.3) is 0 Å². The standard InChI is InChI=1S/C19H26FNO2/c1-19(9-3-2-4-10-19)18(22)21-11-12-23-17(14-21)13-15-5-7-16(20)8-6-15/h5-8,17H,2-4,9-14H2,1H3. The maximum absolute atomic E-state index is 13.0. The van der Waals surface area contributed by atoms with E-state index in [2.05, 4.69) is 6.92 Å². The van der Waals surface area contributed by atoms with Crippen LogP contribution < -0.4 is 0 Å².